The standard InChI is InChI=1S/C14H16FNO2S/c1-2-5-11-8-14(9-11,10-16)19(17,18)13-7-4-3-6-12(13)15/h3-4,6-7,11H,2,5,8-9H2,1H3. The van der Waals surface area contributed by atoms with Crippen molar-refractivity contribution in [2.45, 2.75) is 42.2 Å². The molecule has 0 unspecified atom stereocenters. The third-order valence-electron chi connectivity index (χ3n) is 3.78. The molecule has 0 N–H and O–H groups in total. The molecule has 5 heteroatoms. The van der Waals surface area contributed by atoms with Crippen LogP contribution in [0.15, 0.2) is 29.2 Å². The zero-order valence-corrected chi connectivity index (χ0v) is 11.6. The summed E-state index contributed by atoms with van der Waals surface area (Å²) < 4.78 is 37.2. The van der Waals surface area contributed by atoms with Gasteiger partial charge in [-0.15, -0.1) is 0 Å². The van der Waals surface area contributed by atoms with E-state index in [4.69, 9.17) is 0 Å². The Bertz CT molecular complexity index is 613. The average Bonchev–Trinajstić information content (AvgIpc) is 2.33. The molecule has 1 aliphatic rings. The molecule has 1 aromatic carbocycles. The molecule has 102 valence electrons. The molecular formula is C14H16FNO2S. The Hall–Kier alpha value is -1.41. The molecule has 1 saturated carbocycles. The van der Waals surface area contributed by atoms with Crippen molar-refractivity contribution in [2.75, 3.05) is 0 Å². The molecule has 0 aliphatic heterocycles. The lowest BCUT2D eigenvalue weighted by atomic mass is 9.73. The van der Waals surface area contributed by atoms with E-state index in [9.17, 15) is 18.1 Å². The number of nitrogens with zero attached hydrogens (tertiary/aromatic N) is 1. The predicted octanol–water partition coefficient (Wildman–Crippen LogP) is 3.07. The maximum absolute atomic E-state index is 13.7. The highest BCUT2D eigenvalue weighted by Gasteiger charge is 2.55. The van der Waals surface area contributed by atoms with Crippen molar-refractivity contribution in [3.05, 3.63) is 30.1 Å². The van der Waals surface area contributed by atoms with Gasteiger partial charge in [-0.25, -0.2) is 12.8 Å². The number of benzene rings is 1. The van der Waals surface area contributed by atoms with Crippen LogP contribution in [0.25, 0.3) is 0 Å². The first kappa shape index (κ1) is 14.0. The van der Waals surface area contributed by atoms with Gasteiger partial charge in [0.1, 0.15) is 10.7 Å². The smallest absolute Gasteiger partial charge is 0.200 e. The zero-order valence-electron chi connectivity index (χ0n) is 10.8. The van der Waals surface area contributed by atoms with Crippen LogP contribution < -0.4 is 0 Å². The lowest BCUT2D eigenvalue weighted by molar-refractivity contribution is 0.246. The molecule has 0 heterocycles. The summed E-state index contributed by atoms with van der Waals surface area (Å²) in [5, 5.41) is 9.26. The van der Waals surface area contributed by atoms with Crippen molar-refractivity contribution in [3.8, 4) is 6.07 Å². The highest BCUT2D eigenvalue weighted by atomic mass is 32.2. The molecule has 0 radical (unpaired) electrons. The summed E-state index contributed by atoms with van der Waals surface area (Å²) in [6, 6.07) is 7.17. The van der Waals surface area contributed by atoms with E-state index in [2.05, 4.69) is 0 Å². The summed E-state index contributed by atoms with van der Waals surface area (Å²) in [4.78, 5) is -0.355. The number of nitriles is 1. The fourth-order valence-electron chi connectivity index (χ4n) is 2.73. The number of rotatable bonds is 4. The minimum absolute atomic E-state index is 0.256. The minimum Gasteiger partial charge on any atom is -0.222 e. The maximum atomic E-state index is 13.7. The van der Waals surface area contributed by atoms with Crippen LogP contribution in [0.1, 0.15) is 32.6 Å². The first-order chi connectivity index (χ1) is 8.97. The van der Waals surface area contributed by atoms with E-state index >= 15 is 0 Å². The fourth-order valence-corrected chi connectivity index (χ4v) is 4.76. The number of hydrogen-bond acceptors (Lipinski definition) is 3. The molecule has 0 saturated heterocycles. The molecule has 3 nitrogen and oxygen atoms in total. The van der Waals surface area contributed by atoms with Gasteiger partial charge in [0.2, 0.25) is 0 Å². The van der Waals surface area contributed by atoms with Crippen molar-refractivity contribution in [3.63, 3.8) is 0 Å². The summed E-state index contributed by atoms with van der Waals surface area (Å²) in [5.41, 5.74) is 0. The van der Waals surface area contributed by atoms with E-state index in [-0.39, 0.29) is 10.8 Å². The molecule has 1 aliphatic carbocycles. The Morgan fingerprint density at radius 1 is 1.42 bits per heavy atom. The van der Waals surface area contributed by atoms with Crippen LogP contribution in [0.3, 0.4) is 0 Å². The van der Waals surface area contributed by atoms with E-state index in [0.29, 0.717) is 12.8 Å². The zero-order chi connectivity index (χ0) is 14.1. The molecule has 0 atom stereocenters. The quantitative estimate of drug-likeness (QED) is 0.852. The molecule has 0 spiro atoms. The van der Waals surface area contributed by atoms with E-state index < -0.39 is 20.4 Å². The van der Waals surface area contributed by atoms with Crippen molar-refractivity contribution in [1.29, 1.82) is 5.26 Å². The van der Waals surface area contributed by atoms with Gasteiger partial charge >= 0.3 is 0 Å². The Morgan fingerprint density at radius 2 is 2.05 bits per heavy atom. The van der Waals surface area contributed by atoms with Gasteiger partial charge in [-0.1, -0.05) is 31.9 Å². The van der Waals surface area contributed by atoms with E-state index in [1.54, 1.807) is 0 Å². The molecule has 0 amide bonds. The molecule has 2 rings (SSSR count). The molecule has 1 aromatic rings. The van der Waals surface area contributed by atoms with Gasteiger partial charge in [0.15, 0.2) is 14.6 Å². The monoisotopic (exact) mass is 281 g/mol. The summed E-state index contributed by atoms with van der Waals surface area (Å²) in [6.45, 7) is 2.03. The lowest BCUT2D eigenvalue weighted by Crippen LogP contribution is -2.49. The fraction of sp³-hybridized carbons (Fsp3) is 0.500. The van der Waals surface area contributed by atoms with Gasteiger partial charge < -0.3 is 0 Å². The molecule has 19 heavy (non-hydrogen) atoms. The third-order valence-corrected chi connectivity index (χ3v) is 6.14. The van der Waals surface area contributed by atoms with Crippen LogP contribution in [-0.2, 0) is 9.84 Å². The first-order valence-electron chi connectivity index (χ1n) is 6.37. The van der Waals surface area contributed by atoms with Crippen molar-refractivity contribution in [2.24, 2.45) is 5.92 Å². The maximum Gasteiger partial charge on any atom is 0.200 e. The molecular weight excluding hydrogens is 265 g/mol. The van der Waals surface area contributed by atoms with Crippen LogP contribution in [0.5, 0.6) is 0 Å². The summed E-state index contributed by atoms with van der Waals surface area (Å²) in [5.74, 6) is -0.526. The average molecular weight is 281 g/mol. The Kier molecular flexibility index (Phi) is 3.64. The Balaban J connectivity index is 2.36. The normalized spacial score (nSPS) is 26.5. The second-order valence-electron chi connectivity index (χ2n) is 5.10. The van der Waals surface area contributed by atoms with E-state index in [1.165, 1.54) is 18.2 Å². The minimum atomic E-state index is -3.93. The second kappa shape index (κ2) is 4.93. The van der Waals surface area contributed by atoms with Crippen molar-refractivity contribution >= 4 is 9.84 Å². The Labute approximate surface area is 113 Å². The van der Waals surface area contributed by atoms with Crippen LogP contribution in [0.2, 0.25) is 0 Å². The highest BCUT2D eigenvalue weighted by Crippen LogP contribution is 2.48. The van der Waals surface area contributed by atoms with Gasteiger partial charge in [0, 0.05) is 0 Å². The van der Waals surface area contributed by atoms with Gasteiger partial charge in [-0.3, -0.25) is 0 Å². The molecule has 0 aromatic heterocycles. The van der Waals surface area contributed by atoms with Gasteiger partial charge in [0.05, 0.1) is 6.07 Å². The van der Waals surface area contributed by atoms with Crippen molar-refractivity contribution < 1.29 is 12.8 Å². The first-order valence-corrected chi connectivity index (χ1v) is 7.85. The summed E-state index contributed by atoms with van der Waals surface area (Å²) in [7, 11) is -3.93. The SMILES string of the molecule is CCCC1CC(C#N)(S(=O)(=O)c2ccccc2F)C1. The number of halogens is 1. The molecule has 0 bridgehead atoms. The number of sulfone groups is 1. The third kappa shape index (κ3) is 2.14. The van der Waals surface area contributed by atoms with Crippen LogP contribution in [0.4, 0.5) is 4.39 Å². The van der Waals surface area contributed by atoms with Crippen LogP contribution in [0, 0.1) is 23.1 Å². The summed E-state index contributed by atoms with van der Waals surface area (Å²) >= 11 is 0. The Morgan fingerprint density at radius 3 is 2.58 bits per heavy atom. The van der Waals surface area contributed by atoms with Gasteiger partial charge in [0.25, 0.3) is 0 Å². The highest BCUT2D eigenvalue weighted by molar-refractivity contribution is 7.93. The van der Waals surface area contributed by atoms with E-state index in [1.807, 2.05) is 13.0 Å². The van der Waals surface area contributed by atoms with Crippen LogP contribution in [-0.4, -0.2) is 13.2 Å². The lowest BCUT2D eigenvalue weighted by Gasteiger charge is -2.41. The summed E-state index contributed by atoms with van der Waals surface area (Å²) in [6.07, 6.45) is 2.50. The topological polar surface area (TPSA) is 57.9 Å². The molecule has 1 fully saturated rings. The second-order valence-corrected chi connectivity index (χ2v) is 7.33. The largest absolute Gasteiger partial charge is 0.222 e. The van der Waals surface area contributed by atoms with Crippen LogP contribution >= 0.6 is 0 Å². The van der Waals surface area contributed by atoms with Gasteiger partial charge in [-0.2, -0.15) is 5.26 Å². The van der Waals surface area contributed by atoms with Crippen molar-refractivity contribution in [1.82, 2.24) is 0 Å². The number of hydrogen-bond donors (Lipinski definition) is 0. The predicted molar refractivity (Wildman–Crippen MR) is 69.6 cm³/mol. The van der Waals surface area contributed by atoms with Gasteiger partial charge in [-0.05, 0) is 30.9 Å². The van der Waals surface area contributed by atoms with E-state index in [0.717, 1.165) is 18.9 Å².